The van der Waals surface area contributed by atoms with Crippen LogP contribution in [-0.2, 0) is 6.54 Å². The molecule has 4 rings (SSSR count). The topological polar surface area (TPSA) is 82.3 Å². The van der Waals surface area contributed by atoms with E-state index < -0.39 is 0 Å². The molecule has 0 unspecified atom stereocenters. The average molecular weight is 395 g/mol. The summed E-state index contributed by atoms with van der Waals surface area (Å²) in [5.74, 6) is 2.47. The first-order valence-corrected chi connectivity index (χ1v) is 9.54. The van der Waals surface area contributed by atoms with E-state index in [4.69, 9.17) is 9.47 Å². The molecule has 152 valence electrons. The van der Waals surface area contributed by atoms with Gasteiger partial charge < -0.3 is 9.47 Å². The fourth-order valence-corrected chi connectivity index (χ4v) is 3.72. The van der Waals surface area contributed by atoms with Crippen molar-refractivity contribution in [2.75, 3.05) is 27.3 Å². The van der Waals surface area contributed by atoms with E-state index in [1.54, 1.807) is 18.8 Å². The molecule has 0 radical (unpaired) electrons. The number of hydrogen-bond acceptors (Lipinski definition) is 6. The first-order valence-electron chi connectivity index (χ1n) is 9.54. The standard InChI is InChI=1S/C21H25N5O3/c1-14-24-25(13-15-5-4-6-18(9-15)28-2)21(27)26(14)17-7-8-19(20(10-17)29-3)16-11-22-23-12-16/h4-10,16,22-23H,11-13H2,1-3H3. The van der Waals surface area contributed by atoms with Crippen LogP contribution in [0.4, 0.5) is 0 Å². The van der Waals surface area contributed by atoms with Crippen molar-refractivity contribution >= 4 is 0 Å². The first kappa shape index (κ1) is 19.2. The number of hydrogen-bond donors (Lipinski definition) is 2. The second kappa shape index (κ2) is 8.10. The molecule has 0 bridgehead atoms. The molecule has 8 heteroatoms. The SMILES string of the molecule is COc1cccc(Cn2nc(C)n(-c3ccc(C4CNNC4)c(OC)c3)c2=O)c1. The van der Waals surface area contributed by atoms with Gasteiger partial charge in [0.1, 0.15) is 17.3 Å². The van der Waals surface area contributed by atoms with Gasteiger partial charge in [0.05, 0.1) is 26.5 Å². The predicted octanol–water partition coefficient (Wildman–Crippen LogP) is 1.60. The molecule has 29 heavy (non-hydrogen) atoms. The van der Waals surface area contributed by atoms with Gasteiger partial charge >= 0.3 is 5.69 Å². The molecule has 1 fully saturated rings. The Morgan fingerprint density at radius 2 is 1.90 bits per heavy atom. The maximum absolute atomic E-state index is 13.1. The molecule has 0 aliphatic carbocycles. The summed E-state index contributed by atoms with van der Waals surface area (Å²) in [6.07, 6.45) is 0. The molecule has 2 aromatic carbocycles. The maximum Gasteiger partial charge on any atom is 0.350 e. The van der Waals surface area contributed by atoms with E-state index in [0.717, 1.165) is 41.4 Å². The lowest BCUT2D eigenvalue weighted by Gasteiger charge is -2.15. The summed E-state index contributed by atoms with van der Waals surface area (Å²) in [4.78, 5) is 13.1. The predicted molar refractivity (Wildman–Crippen MR) is 110 cm³/mol. The molecule has 0 saturated carbocycles. The number of hydrazine groups is 1. The number of nitrogens with one attached hydrogen (secondary N) is 2. The highest BCUT2D eigenvalue weighted by Crippen LogP contribution is 2.29. The third-order valence-corrected chi connectivity index (χ3v) is 5.20. The van der Waals surface area contributed by atoms with Gasteiger partial charge in [-0.3, -0.25) is 10.9 Å². The molecule has 0 spiro atoms. The third kappa shape index (κ3) is 3.76. The molecule has 3 aromatic rings. The number of aromatic nitrogens is 3. The van der Waals surface area contributed by atoms with E-state index in [-0.39, 0.29) is 5.69 Å². The minimum atomic E-state index is -0.190. The number of ether oxygens (including phenoxy) is 2. The van der Waals surface area contributed by atoms with Crippen LogP contribution in [0.3, 0.4) is 0 Å². The number of nitrogens with zero attached hydrogens (tertiary/aromatic N) is 3. The minimum absolute atomic E-state index is 0.190. The van der Waals surface area contributed by atoms with Gasteiger partial charge in [-0.1, -0.05) is 18.2 Å². The highest BCUT2D eigenvalue weighted by atomic mass is 16.5. The van der Waals surface area contributed by atoms with Gasteiger partial charge in [-0.05, 0) is 36.2 Å². The van der Waals surface area contributed by atoms with Gasteiger partial charge in [0.25, 0.3) is 0 Å². The van der Waals surface area contributed by atoms with Crippen LogP contribution in [0.2, 0.25) is 0 Å². The molecule has 8 nitrogen and oxygen atoms in total. The van der Waals surface area contributed by atoms with Crippen LogP contribution in [-0.4, -0.2) is 41.7 Å². The Labute approximate surface area is 169 Å². The lowest BCUT2D eigenvalue weighted by Crippen LogP contribution is -2.24. The number of methoxy groups -OCH3 is 2. The molecular formula is C21H25N5O3. The molecule has 1 aliphatic rings. The fraction of sp³-hybridized carbons (Fsp3) is 0.333. The molecule has 1 aromatic heterocycles. The van der Waals surface area contributed by atoms with Gasteiger partial charge in [0.2, 0.25) is 0 Å². The van der Waals surface area contributed by atoms with E-state index in [1.165, 1.54) is 4.68 Å². The summed E-state index contributed by atoms with van der Waals surface area (Å²) in [7, 11) is 3.28. The van der Waals surface area contributed by atoms with Crippen molar-refractivity contribution in [3.63, 3.8) is 0 Å². The number of benzene rings is 2. The highest BCUT2D eigenvalue weighted by molar-refractivity contribution is 5.47. The van der Waals surface area contributed by atoms with E-state index in [9.17, 15) is 4.79 Å². The van der Waals surface area contributed by atoms with Crippen LogP contribution in [0.15, 0.2) is 47.3 Å². The Bertz CT molecular complexity index is 1070. The summed E-state index contributed by atoms with van der Waals surface area (Å²) in [5.41, 5.74) is 8.89. The molecule has 0 atom stereocenters. The highest BCUT2D eigenvalue weighted by Gasteiger charge is 2.21. The van der Waals surface area contributed by atoms with Crippen LogP contribution in [0.25, 0.3) is 5.69 Å². The van der Waals surface area contributed by atoms with Crippen LogP contribution in [0.5, 0.6) is 11.5 Å². The minimum Gasteiger partial charge on any atom is -0.497 e. The van der Waals surface area contributed by atoms with Gasteiger partial charge in [0, 0.05) is 25.1 Å². The number of rotatable bonds is 6. The summed E-state index contributed by atoms with van der Waals surface area (Å²) in [6.45, 7) is 3.88. The maximum atomic E-state index is 13.1. The molecule has 2 N–H and O–H groups in total. The Balaban J connectivity index is 1.68. The molecule has 2 heterocycles. The van der Waals surface area contributed by atoms with Crippen molar-refractivity contribution in [3.05, 3.63) is 69.9 Å². The summed E-state index contributed by atoms with van der Waals surface area (Å²) < 4.78 is 14.0. The second-order valence-electron chi connectivity index (χ2n) is 7.06. The van der Waals surface area contributed by atoms with Crippen molar-refractivity contribution in [2.24, 2.45) is 0 Å². The lowest BCUT2D eigenvalue weighted by molar-refractivity contribution is 0.406. The number of aryl methyl sites for hydroxylation is 1. The van der Waals surface area contributed by atoms with Crippen LogP contribution in [0.1, 0.15) is 22.9 Å². The normalized spacial score (nSPS) is 14.3. The summed E-state index contributed by atoms with van der Waals surface area (Å²) >= 11 is 0. The van der Waals surface area contributed by atoms with Crippen molar-refractivity contribution < 1.29 is 9.47 Å². The largest absolute Gasteiger partial charge is 0.497 e. The average Bonchev–Trinajstić information content (AvgIpc) is 3.36. The zero-order chi connectivity index (χ0) is 20.4. The van der Waals surface area contributed by atoms with E-state index in [2.05, 4.69) is 16.0 Å². The quantitative estimate of drug-likeness (QED) is 0.660. The van der Waals surface area contributed by atoms with Gasteiger partial charge in [-0.2, -0.15) is 5.10 Å². The van der Waals surface area contributed by atoms with Crippen LogP contribution < -0.4 is 26.0 Å². The third-order valence-electron chi connectivity index (χ3n) is 5.20. The van der Waals surface area contributed by atoms with E-state index in [0.29, 0.717) is 18.3 Å². The van der Waals surface area contributed by atoms with Gasteiger partial charge in [-0.15, -0.1) is 0 Å². The summed E-state index contributed by atoms with van der Waals surface area (Å²) in [5, 5.41) is 4.46. The zero-order valence-electron chi connectivity index (χ0n) is 16.8. The summed E-state index contributed by atoms with van der Waals surface area (Å²) in [6, 6.07) is 13.5. The second-order valence-corrected chi connectivity index (χ2v) is 7.06. The van der Waals surface area contributed by atoms with E-state index >= 15 is 0 Å². The molecule has 1 aliphatic heterocycles. The Morgan fingerprint density at radius 3 is 2.62 bits per heavy atom. The van der Waals surface area contributed by atoms with Crippen molar-refractivity contribution in [2.45, 2.75) is 19.4 Å². The lowest BCUT2D eigenvalue weighted by atomic mass is 9.99. The van der Waals surface area contributed by atoms with Crippen molar-refractivity contribution in [1.82, 2.24) is 25.2 Å². The molecule has 0 amide bonds. The van der Waals surface area contributed by atoms with Crippen molar-refractivity contribution in [1.29, 1.82) is 0 Å². The Hall–Kier alpha value is -3.10. The van der Waals surface area contributed by atoms with E-state index in [1.807, 2.05) is 49.4 Å². The van der Waals surface area contributed by atoms with Crippen LogP contribution >= 0.6 is 0 Å². The monoisotopic (exact) mass is 395 g/mol. The van der Waals surface area contributed by atoms with Gasteiger partial charge in [0.15, 0.2) is 0 Å². The fourth-order valence-electron chi connectivity index (χ4n) is 3.72. The van der Waals surface area contributed by atoms with Crippen LogP contribution in [0, 0.1) is 6.92 Å². The Morgan fingerprint density at radius 1 is 1.10 bits per heavy atom. The Kier molecular flexibility index (Phi) is 5.37. The smallest absolute Gasteiger partial charge is 0.350 e. The first-order chi connectivity index (χ1) is 14.1. The molecule has 1 saturated heterocycles. The molecular weight excluding hydrogens is 370 g/mol. The van der Waals surface area contributed by atoms with Gasteiger partial charge in [-0.25, -0.2) is 14.0 Å². The zero-order valence-corrected chi connectivity index (χ0v) is 16.8. The van der Waals surface area contributed by atoms with Crippen molar-refractivity contribution in [3.8, 4) is 17.2 Å².